The largest absolute Gasteiger partial charge is 0.493 e. The second-order valence-corrected chi connectivity index (χ2v) is 14.1. The van der Waals surface area contributed by atoms with Gasteiger partial charge in [0.2, 0.25) is 23.6 Å². The molecule has 57 heavy (non-hydrogen) atoms. The van der Waals surface area contributed by atoms with Crippen molar-refractivity contribution in [3.8, 4) is 23.0 Å². The molecule has 1 saturated heterocycles. The van der Waals surface area contributed by atoms with Gasteiger partial charge in [0.25, 0.3) is 0 Å². The van der Waals surface area contributed by atoms with Crippen LogP contribution in [0.25, 0.3) is 10.1 Å². The van der Waals surface area contributed by atoms with Crippen molar-refractivity contribution in [3.63, 3.8) is 0 Å². The monoisotopic (exact) mass is 819 g/mol. The fourth-order valence-electron chi connectivity index (χ4n) is 6.03. The summed E-state index contributed by atoms with van der Waals surface area (Å²) in [5.74, 6) is -6.48. The van der Waals surface area contributed by atoms with Gasteiger partial charge < -0.3 is 39.0 Å². The lowest BCUT2D eigenvalue weighted by molar-refractivity contribution is -0.148. The highest BCUT2D eigenvalue weighted by atomic mass is 32.1. The average molecular weight is 820 g/mol. The number of methoxy groups -OCH3 is 2. The van der Waals surface area contributed by atoms with Crippen molar-refractivity contribution >= 4 is 62.8 Å². The van der Waals surface area contributed by atoms with Gasteiger partial charge in [0.05, 0.1) is 51.7 Å². The summed E-state index contributed by atoms with van der Waals surface area (Å²) in [6.45, 7) is 0.723. The van der Waals surface area contributed by atoms with Crippen LogP contribution in [0.4, 0.5) is 8.78 Å². The average Bonchev–Trinajstić information content (AvgIpc) is 3.89. The van der Waals surface area contributed by atoms with E-state index in [9.17, 15) is 33.6 Å². The Balaban J connectivity index is 1.10. The number of halogens is 2. The summed E-state index contributed by atoms with van der Waals surface area (Å²) in [6, 6.07) is 4.42. The molecule has 2 atom stereocenters. The molecule has 19 heteroatoms. The number of thiophene rings is 1. The van der Waals surface area contributed by atoms with Crippen molar-refractivity contribution in [1.82, 2.24) is 15.1 Å². The zero-order valence-corrected chi connectivity index (χ0v) is 32.1. The van der Waals surface area contributed by atoms with Crippen LogP contribution in [0.1, 0.15) is 74.0 Å². The second kappa shape index (κ2) is 18.9. The summed E-state index contributed by atoms with van der Waals surface area (Å²) in [6.07, 6.45) is -3.26. The quantitative estimate of drug-likeness (QED) is 0.0720. The number of carbonyl (C=O) groups is 7. The molecule has 3 aromatic rings. The van der Waals surface area contributed by atoms with Crippen LogP contribution < -0.4 is 24.3 Å². The summed E-state index contributed by atoms with van der Waals surface area (Å²) < 4.78 is 66.5. The van der Waals surface area contributed by atoms with Gasteiger partial charge in [-0.2, -0.15) is 0 Å². The number of hydrogen-bond acceptors (Lipinski definition) is 13. The molecule has 0 bridgehead atoms. The first kappa shape index (κ1) is 40.8. The lowest BCUT2D eigenvalue weighted by Crippen LogP contribution is -2.42. The number of carbonyl (C=O) groups excluding carboxylic acids is 6. The SMILES string of the molecule is [3H]C1CC(=O)N(CC(=O)NC[C@H](C)OC(=O)CCC(=O)c2cc3c(F)c(OCCCOc4c(OC)cc5c(c4F)CN(C(=O)CCC(=O)O)C5)c(OC)cc3s2)C1=O. The number of benzene rings is 2. The number of ketones is 1. The van der Waals surface area contributed by atoms with Crippen LogP contribution >= 0.6 is 11.3 Å². The zero-order valence-electron chi connectivity index (χ0n) is 32.3. The Morgan fingerprint density at radius 3 is 2.26 bits per heavy atom. The fraction of sp³-hybridized carbons (Fsp3) is 0.447. The summed E-state index contributed by atoms with van der Waals surface area (Å²) in [5, 5.41) is 11.4. The number of nitrogens with one attached hydrogen (secondary N) is 1. The van der Waals surface area contributed by atoms with Crippen LogP contribution in [0.15, 0.2) is 18.2 Å². The number of aliphatic carboxylic acids is 1. The van der Waals surface area contributed by atoms with E-state index in [0.29, 0.717) is 15.2 Å². The van der Waals surface area contributed by atoms with E-state index >= 15 is 8.78 Å². The number of amides is 4. The Kier molecular flexibility index (Phi) is 13.5. The molecule has 2 aliphatic rings. The van der Waals surface area contributed by atoms with Crippen molar-refractivity contribution < 1.29 is 72.5 Å². The number of nitrogens with zero attached hydrogens (tertiary/aromatic N) is 2. The minimum atomic E-state index is -1.23. The van der Waals surface area contributed by atoms with E-state index in [2.05, 4.69) is 5.32 Å². The standard InChI is InChI=1S/C38H41F2N3O13S/c1-20(16-41-29(45)19-43-31(47)6-7-32(43)48)56-34(51)10-5-24(44)28-14-22-27(57-28)15-26(53-3)38(35(22)39)55-12-4-11-54-37-25(52-2)13-21-17-42(18-23(21)36(37)40)30(46)8-9-33(49)50/h13-15,20H,4-12,16-19H2,1-3H3,(H,41,45)(H,49,50)/t20-/m0/s1/i6T/t6?,20-. The number of fused-ring (bicyclic) bond motifs is 2. The number of hydrogen-bond donors (Lipinski definition) is 2. The van der Waals surface area contributed by atoms with E-state index < -0.39 is 72.0 Å². The normalized spacial score (nSPS) is 15.6. The Bertz CT molecular complexity index is 2130. The second-order valence-electron chi connectivity index (χ2n) is 13.1. The summed E-state index contributed by atoms with van der Waals surface area (Å²) in [7, 11) is 2.66. The maximum atomic E-state index is 15.8. The minimum absolute atomic E-state index is 0.0540. The predicted molar refractivity (Wildman–Crippen MR) is 196 cm³/mol. The topological polar surface area (TPSA) is 204 Å². The Hall–Kier alpha value is -5.85. The number of esters is 1. The molecule has 306 valence electrons. The van der Waals surface area contributed by atoms with E-state index in [1.54, 1.807) is 6.07 Å². The Labute approximate surface area is 330 Å². The molecule has 0 spiro atoms. The fourth-order valence-corrected chi connectivity index (χ4v) is 7.08. The highest BCUT2D eigenvalue weighted by Gasteiger charge is 2.32. The molecule has 2 aromatic carbocycles. The molecule has 16 nitrogen and oxygen atoms in total. The third kappa shape index (κ3) is 10.3. The van der Waals surface area contributed by atoms with Gasteiger partial charge in [-0.05, 0) is 24.6 Å². The smallest absolute Gasteiger partial charge is 0.306 e. The number of likely N-dealkylation sites (tertiary alicyclic amines) is 1. The Morgan fingerprint density at radius 2 is 1.61 bits per heavy atom. The molecule has 0 radical (unpaired) electrons. The highest BCUT2D eigenvalue weighted by molar-refractivity contribution is 7.20. The number of carboxylic acids is 1. The van der Waals surface area contributed by atoms with Gasteiger partial charge in [0, 0.05) is 68.3 Å². The van der Waals surface area contributed by atoms with Gasteiger partial charge in [-0.15, -0.1) is 11.3 Å². The molecular formula is C38H41F2N3O13S. The van der Waals surface area contributed by atoms with Crippen LogP contribution in [-0.4, -0.2) is 103 Å². The molecule has 0 saturated carbocycles. The van der Waals surface area contributed by atoms with Gasteiger partial charge in [-0.25, -0.2) is 8.78 Å². The number of ether oxygens (including phenoxy) is 5. The van der Waals surface area contributed by atoms with Crippen LogP contribution in [0, 0.1) is 11.6 Å². The zero-order chi connectivity index (χ0) is 42.3. The maximum absolute atomic E-state index is 15.8. The number of rotatable bonds is 20. The number of Topliss-reactive ketones (excluding diaryl/α,β-unsaturated/α-hetero) is 1. The van der Waals surface area contributed by atoms with E-state index in [0.717, 1.165) is 11.3 Å². The van der Waals surface area contributed by atoms with Crippen LogP contribution in [0.5, 0.6) is 23.0 Å². The van der Waals surface area contributed by atoms with E-state index in [1.807, 2.05) is 0 Å². The van der Waals surface area contributed by atoms with E-state index in [4.69, 9.17) is 30.2 Å². The Morgan fingerprint density at radius 1 is 0.930 bits per heavy atom. The van der Waals surface area contributed by atoms with Gasteiger partial charge in [-0.3, -0.25) is 38.5 Å². The summed E-state index contributed by atoms with van der Waals surface area (Å²) in [4.78, 5) is 86.7. The van der Waals surface area contributed by atoms with Gasteiger partial charge in [0.15, 0.2) is 40.4 Å². The molecule has 1 aromatic heterocycles. The van der Waals surface area contributed by atoms with Gasteiger partial charge in [0.1, 0.15) is 12.6 Å². The van der Waals surface area contributed by atoms with Crippen molar-refractivity contribution in [2.45, 2.75) is 71.0 Å². The molecule has 2 aliphatic heterocycles. The summed E-state index contributed by atoms with van der Waals surface area (Å²) >= 11 is 0.995. The van der Waals surface area contributed by atoms with E-state index in [-0.39, 0.29) is 110 Å². The number of carboxylic acid groups (broad SMARTS) is 1. The maximum Gasteiger partial charge on any atom is 0.306 e. The van der Waals surface area contributed by atoms with Crippen molar-refractivity contribution in [1.29, 1.82) is 0 Å². The predicted octanol–water partition coefficient (Wildman–Crippen LogP) is 3.91. The molecule has 0 aliphatic carbocycles. The third-order valence-corrected chi connectivity index (χ3v) is 10.1. The minimum Gasteiger partial charge on any atom is -0.493 e. The molecule has 1 unspecified atom stereocenters. The molecule has 2 N–H and O–H groups in total. The number of imide groups is 1. The first-order valence-electron chi connectivity index (χ1n) is 18.4. The first-order valence-corrected chi connectivity index (χ1v) is 18.6. The summed E-state index contributed by atoms with van der Waals surface area (Å²) in [5.41, 5.74) is 0.745. The van der Waals surface area contributed by atoms with Gasteiger partial charge in [-0.1, -0.05) is 0 Å². The van der Waals surface area contributed by atoms with Gasteiger partial charge >= 0.3 is 11.9 Å². The van der Waals surface area contributed by atoms with Crippen LogP contribution in [-0.2, 0) is 46.6 Å². The lowest BCUT2D eigenvalue weighted by Gasteiger charge is -2.16. The van der Waals surface area contributed by atoms with Crippen LogP contribution in [0.3, 0.4) is 0 Å². The third-order valence-electron chi connectivity index (χ3n) is 8.97. The molecule has 5 rings (SSSR count). The van der Waals surface area contributed by atoms with Crippen molar-refractivity contribution in [3.05, 3.63) is 45.8 Å². The van der Waals surface area contributed by atoms with E-state index in [1.165, 1.54) is 38.2 Å². The van der Waals surface area contributed by atoms with Crippen molar-refractivity contribution in [2.75, 3.05) is 40.5 Å². The molecule has 1 fully saturated rings. The lowest BCUT2D eigenvalue weighted by atomic mass is 10.1. The molecule has 3 heterocycles. The molecular weight excluding hydrogens is 776 g/mol. The molecule has 4 amide bonds. The highest BCUT2D eigenvalue weighted by Crippen LogP contribution is 2.41. The first-order chi connectivity index (χ1) is 27.6. The van der Waals surface area contributed by atoms with Crippen LogP contribution in [0.2, 0.25) is 0 Å². The van der Waals surface area contributed by atoms with Crippen molar-refractivity contribution in [2.24, 2.45) is 0 Å².